The summed E-state index contributed by atoms with van der Waals surface area (Å²) >= 11 is 0. The highest BCUT2D eigenvalue weighted by Gasteiger charge is 2.62. The lowest BCUT2D eigenvalue weighted by Gasteiger charge is -2.61. The van der Waals surface area contributed by atoms with Gasteiger partial charge in [0, 0.05) is 5.41 Å². The maximum Gasteiger partial charge on any atom is 0.174 e. The van der Waals surface area contributed by atoms with E-state index >= 15 is 0 Å². The average molecular weight is 355 g/mol. The summed E-state index contributed by atoms with van der Waals surface area (Å²) in [5, 5.41) is 0. The summed E-state index contributed by atoms with van der Waals surface area (Å²) in [6, 6.07) is 23.3. The summed E-state index contributed by atoms with van der Waals surface area (Å²) in [4.78, 5) is 0. The third-order valence-corrected chi connectivity index (χ3v) is 22.7. The quantitative estimate of drug-likeness (QED) is 0.622. The molecule has 1 aliphatic rings. The van der Waals surface area contributed by atoms with Gasteiger partial charge in [-0.3, -0.25) is 0 Å². The molecular formula is C21H30OSi2. The molecule has 1 aliphatic heterocycles. The van der Waals surface area contributed by atoms with Gasteiger partial charge in [-0.25, -0.2) is 0 Å². The highest BCUT2D eigenvalue weighted by atomic mass is 29.3. The first-order chi connectivity index (χ1) is 11.1. The second kappa shape index (κ2) is 5.68. The Balaban J connectivity index is 2.30. The summed E-state index contributed by atoms with van der Waals surface area (Å²) in [6.07, 6.45) is 0. The molecule has 1 fully saturated rings. The van der Waals surface area contributed by atoms with Crippen molar-refractivity contribution in [3.8, 4) is 0 Å². The van der Waals surface area contributed by atoms with E-state index in [1.165, 1.54) is 17.2 Å². The molecule has 0 amide bonds. The molecule has 3 heteroatoms. The molecule has 24 heavy (non-hydrogen) atoms. The highest BCUT2D eigenvalue weighted by Crippen LogP contribution is 2.55. The van der Waals surface area contributed by atoms with Crippen LogP contribution in [-0.2, 0) is 9.84 Å². The first-order valence-corrected chi connectivity index (χ1v) is 16.1. The van der Waals surface area contributed by atoms with Crippen LogP contribution in [0.25, 0.3) is 0 Å². The molecule has 0 N–H and O–H groups in total. The van der Waals surface area contributed by atoms with E-state index in [4.69, 9.17) is 4.43 Å². The van der Waals surface area contributed by atoms with Crippen molar-refractivity contribution in [2.45, 2.75) is 57.1 Å². The Kier molecular flexibility index (Phi) is 4.18. The molecule has 3 rings (SSSR count). The molecule has 0 saturated carbocycles. The van der Waals surface area contributed by atoms with Gasteiger partial charge in [-0.15, -0.1) is 0 Å². The molecule has 1 nitrogen and oxygen atoms in total. The standard InChI is InChI=1S/C21H30OSi2/c1-20(2)21(18-13-9-7-10-14-18,19-15-11-8-12-16-19)17-23(3,4)24(5,6)22-20/h7-16H,17H2,1-6H3. The van der Waals surface area contributed by atoms with Crippen LogP contribution in [0.3, 0.4) is 0 Å². The van der Waals surface area contributed by atoms with Crippen molar-refractivity contribution in [3.05, 3.63) is 71.8 Å². The van der Waals surface area contributed by atoms with Crippen molar-refractivity contribution in [1.29, 1.82) is 0 Å². The van der Waals surface area contributed by atoms with Crippen LogP contribution in [-0.4, -0.2) is 21.0 Å². The number of hydrogen-bond acceptors (Lipinski definition) is 1. The molecule has 2 aromatic carbocycles. The Bertz CT molecular complexity index is 666. The molecule has 0 aliphatic carbocycles. The average Bonchev–Trinajstić information content (AvgIpc) is 2.52. The van der Waals surface area contributed by atoms with E-state index in [1.807, 2.05) is 0 Å². The Labute approximate surface area is 149 Å². The molecule has 0 radical (unpaired) electrons. The molecule has 0 bridgehead atoms. The lowest BCUT2D eigenvalue weighted by molar-refractivity contribution is 0.0331. The Morgan fingerprint density at radius 1 is 0.750 bits per heavy atom. The van der Waals surface area contributed by atoms with E-state index < -0.39 is 15.4 Å². The van der Waals surface area contributed by atoms with Crippen LogP contribution in [0.5, 0.6) is 0 Å². The Hall–Kier alpha value is -1.17. The van der Waals surface area contributed by atoms with Crippen molar-refractivity contribution in [2.75, 3.05) is 0 Å². The lowest BCUT2D eigenvalue weighted by atomic mass is 9.65. The van der Waals surface area contributed by atoms with Gasteiger partial charge < -0.3 is 4.43 Å². The van der Waals surface area contributed by atoms with Gasteiger partial charge >= 0.3 is 0 Å². The number of benzene rings is 2. The van der Waals surface area contributed by atoms with Crippen molar-refractivity contribution < 1.29 is 4.43 Å². The maximum atomic E-state index is 7.00. The Morgan fingerprint density at radius 2 is 1.17 bits per heavy atom. The zero-order valence-electron chi connectivity index (χ0n) is 15.9. The summed E-state index contributed by atoms with van der Waals surface area (Å²) in [6.45, 7) is 14.6. The zero-order valence-corrected chi connectivity index (χ0v) is 17.9. The highest BCUT2D eigenvalue weighted by molar-refractivity contribution is 7.38. The summed E-state index contributed by atoms with van der Waals surface area (Å²) < 4.78 is 7.00. The minimum atomic E-state index is -1.67. The second-order valence-electron chi connectivity index (χ2n) is 8.82. The smallest absolute Gasteiger partial charge is 0.174 e. The minimum absolute atomic E-state index is 0.0756. The van der Waals surface area contributed by atoms with E-state index in [0.29, 0.717) is 0 Å². The first kappa shape index (κ1) is 17.7. The molecule has 0 aromatic heterocycles. The number of rotatable bonds is 2. The zero-order chi connectivity index (χ0) is 17.6. The minimum Gasteiger partial charge on any atom is -0.414 e. The molecule has 128 valence electrons. The third-order valence-electron chi connectivity index (χ3n) is 6.41. The Morgan fingerprint density at radius 3 is 1.58 bits per heavy atom. The molecule has 0 unspecified atom stereocenters. The van der Waals surface area contributed by atoms with E-state index in [9.17, 15) is 0 Å². The van der Waals surface area contributed by atoms with Gasteiger partial charge in [0.25, 0.3) is 0 Å². The maximum absolute atomic E-state index is 7.00. The summed E-state index contributed by atoms with van der Waals surface area (Å²) in [5.41, 5.74) is 2.50. The van der Waals surface area contributed by atoms with E-state index in [-0.39, 0.29) is 11.0 Å². The van der Waals surface area contributed by atoms with Gasteiger partial charge in [-0.1, -0.05) is 73.8 Å². The van der Waals surface area contributed by atoms with Crippen LogP contribution < -0.4 is 0 Å². The normalized spacial score (nSPS) is 23.6. The van der Waals surface area contributed by atoms with Crippen LogP contribution in [0.15, 0.2) is 60.7 Å². The van der Waals surface area contributed by atoms with Gasteiger partial charge in [0.1, 0.15) is 0 Å². The van der Waals surface area contributed by atoms with Gasteiger partial charge in [0.15, 0.2) is 7.83 Å². The first-order valence-electron chi connectivity index (χ1n) is 8.94. The van der Waals surface area contributed by atoms with Gasteiger partial charge in [-0.2, -0.15) is 0 Å². The fraction of sp³-hybridized carbons (Fsp3) is 0.429. The summed E-state index contributed by atoms with van der Waals surface area (Å²) in [7, 11) is -3.16. The molecular weight excluding hydrogens is 324 g/mol. The van der Waals surface area contributed by atoms with Gasteiger partial charge in [0.05, 0.1) is 13.2 Å². The topological polar surface area (TPSA) is 9.23 Å². The van der Waals surface area contributed by atoms with E-state index in [2.05, 4.69) is 101 Å². The van der Waals surface area contributed by atoms with Crippen LogP contribution in [0, 0.1) is 0 Å². The van der Waals surface area contributed by atoms with Crippen LogP contribution >= 0.6 is 0 Å². The van der Waals surface area contributed by atoms with E-state index in [0.717, 1.165) is 0 Å². The van der Waals surface area contributed by atoms with Crippen LogP contribution in [0.2, 0.25) is 32.2 Å². The fourth-order valence-corrected chi connectivity index (χ4v) is 12.4. The van der Waals surface area contributed by atoms with E-state index in [1.54, 1.807) is 0 Å². The number of hydrogen-bond donors (Lipinski definition) is 0. The van der Waals surface area contributed by atoms with Gasteiger partial charge in [-0.05, 0) is 44.1 Å². The van der Waals surface area contributed by atoms with Crippen molar-refractivity contribution in [2.24, 2.45) is 0 Å². The SMILES string of the molecule is CC1(C)O[Si](C)(C)[Si](C)(C)CC1(c1ccccc1)c1ccccc1. The third kappa shape index (κ3) is 2.54. The van der Waals surface area contributed by atoms with Crippen molar-refractivity contribution in [3.63, 3.8) is 0 Å². The molecule has 2 aromatic rings. The molecule has 1 saturated heterocycles. The predicted molar refractivity (Wildman–Crippen MR) is 109 cm³/mol. The van der Waals surface area contributed by atoms with Gasteiger partial charge in [0.2, 0.25) is 0 Å². The summed E-state index contributed by atoms with van der Waals surface area (Å²) in [5.74, 6) is 0. The molecule has 0 atom stereocenters. The molecule has 0 spiro atoms. The lowest BCUT2D eigenvalue weighted by Crippen LogP contribution is -2.72. The predicted octanol–water partition coefficient (Wildman–Crippen LogP) is 5.77. The van der Waals surface area contributed by atoms with Crippen molar-refractivity contribution >= 4 is 15.4 Å². The van der Waals surface area contributed by atoms with Crippen molar-refractivity contribution in [1.82, 2.24) is 0 Å². The largest absolute Gasteiger partial charge is 0.414 e. The second-order valence-corrected chi connectivity index (χ2v) is 23.8. The van der Waals surface area contributed by atoms with Crippen LogP contribution in [0.1, 0.15) is 25.0 Å². The fourth-order valence-electron chi connectivity index (χ4n) is 4.46. The van der Waals surface area contributed by atoms with Crippen LogP contribution in [0.4, 0.5) is 0 Å². The molecule has 1 heterocycles. The monoisotopic (exact) mass is 354 g/mol.